The summed E-state index contributed by atoms with van der Waals surface area (Å²) in [6, 6.07) is 0. The van der Waals surface area contributed by atoms with Crippen molar-refractivity contribution in [1.82, 2.24) is 0 Å². The molecule has 7 heteroatoms. The van der Waals surface area contributed by atoms with Gasteiger partial charge in [-0.2, -0.15) is 0 Å². The van der Waals surface area contributed by atoms with Crippen molar-refractivity contribution in [3.8, 4) is 0 Å². The first-order valence-electron chi connectivity index (χ1n) is 15.6. The topological polar surface area (TPSA) is 110 Å². The van der Waals surface area contributed by atoms with E-state index >= 15 is 0 Å². The van der Waals surface area contributed by atoms with Crippen molar-refractivity contribution in [2.45, 2.75) is 118 Å². The van der Waals surface area contributed by atoms with Gasteiger partial charge in [0.2, 0.25) is 0 Å². The minimum Gasteiger partial charge on any atom is -0.463 e. The Labute approximate surface area is 240 Å². The first-order chi connectivity index (χ1) is 18.6. The number of carbonyl (C=O) groups is 3. The third-order valence-corrected chi connectivity index (χ3v) is 11.7. The minimum absolute atomic E-state index is 0.0366. The molecule has 4 fully saturated rings. The molecule has 13 atom stereocenters. The lowest BCUT2D eigenvalue weighted by Crippen LogP contribution is -2.66. The van der Waals surface area contributed by atoms with E-state index in [1.165, 1.54) is 13.8 Å². The highest BCUT2D eigenvalue weighted by Gasteiger charge is 2.69. The maximum Gasteiger partial charge on any atom is 0.302 e. The summed E-state index contributed by atoms with van der Waals surface area (Å²) >= 11 is 0. The number of esters is 2. The normalized spacial score (nSPS) is 44.5. The lowest BCUT2D eigenvalue weighted by atomic mass is 9.42. The molecular weight excluding hydrogens is 508 g/mol. The van der Waals surface area contributed by atoms with Gasteiger partial charge in [-0.1, -0.05) is 53.7 Å². The minimum atomic E-state index is -1.20. The van der Waals surface area contributed by atoms with Crippen LogP contribution in [0.1, 0.15) is 93.9 Å². The second kappa shape index (κ2) is 11.5. The third-order valence-electron chi connectivity index (χ3n) is 11.7. The smallest absolute Gasteiger partial charge is 0.302 e. The van der Waals surface area contributed by atoms with E-state index in [2.05, 4.69) is 53.7 Å². The molecular formula is C33H52O7. The number of rotatable bonds is 7. The Balaban J connectivity index is 1.70. The first kappa shape index (κ1) is 31.2. The van der Waals surface area contributed by atoms with Crippen LogP contribution in [0.4, 0.5) is 0 Å². The van der Waals surface area contributed by atoms with Gasteiger partial charge in [-0.25, -0.2) is 0 Å². The van der Waals surface area contributed by atoms with Crippen LogP contribution >= 0.6 is 0 Å². The van der Waals surface area contributed by atoms with Crippen molar-refractivity contribution in [3.63, 3.8) is 0 Å². The van der Waals surface area contributed by atoms with Gasteiger partial charge in [-0.3, -0.25) is 14.4 Å². The summed E-state index contributed by atoms with van der Waals surface area (Å²) in [7, 11) is 0. The molecule has 0 aromatic carbocycles. The monoisotopic (exact) mass is 560 g/mol. The van der Waals surface area contributed by atoms with Gasteiger partial charge in [0.25, 0.3) is 0 Å². The molecule has 4 rings (SSSR count). The number of ketones is 1. The Morgan fingerprint density at radius 1 is 1.02 bits per heavy atom. The fourth-order valence-electron chi connectivity index (χ4n) is 10.0. The van der Waals surface area contributed by atoms with Crippen LogP contribution < -0.4 is 0 Å². The Bertz CT molecular complexity index is 1000. The molecule has 4 saturated carbocycles. The zero-order chi connectivity index (χ0) is 29.7. The molecule has 226 valence electrons. The average Bonchev–Trinajstić information content (AvgIpc) is 3.12. The first-order valence-corrected chi connectivity index (χ1v) is 15.6. The summed E-state index contributed by atoms with van der Waals surface area (Å²) in [5.41, 5.74) is -0.909. The van der Waals surface area contributed by atoms with Crippen LogP contribution in [0.3, 0.4) is 0 Å². The molecule has 4 aliphatic rings. The molecule has 2 N–H and O–H groups in total. The van der Waals surface area contributed by atoms with Gasteiger partial charge in [0.05, 0.1) is 6.10 Å². The molecule has 0 aliphatic heterocycles. The molecule has 0 spiro atoms. The molecule has 0 aromatic heterocycles. The lowest BCUT2D eigenvalue weighted by Gasteiger charge is -2.62. The van der Waals surface area contributed by atoms with Crippen molar-refractivity contribution in [1.29, 1.82) is 0 Å². The number of hydrogen-bond donors (Lipinski definition) is 2. The van der Waals surface area contributed by atoms with Crippen molar-refractivity contribution >= 4 is 17.7 Å². The summed E-state index contributed by atoms with van der Waals surface area (Å²) in [6.45, 7) is 15.9. The van der Waals surface area contributed by atoms with Gasteiger partial charge in [0.1, 0.15) is 18.3 Å². The molecule has 0 heterocycles. The molecule has 0 aromatic rings. The van der Waals surface area contributed by atoms with Gasteiger partial charge < -0.3 is 19.7 Å². The number of Topliss-reactive ketones (excluding diaryl/α,β-unsaturated/α-hetero) is 1. The number of aliphatic hydroxyl groups is 2. The van der Waals surface area contributed by atoms with Crippen LogP contribution in [0.2, 0.25) is 0 Å². The second-order valence-electron chi connectivity index (χ2n) is 14.4. The molecule has 4 aliphatic carbocycles. The summed E-state index contributed by atoms with van der Waals surface area (Å²) in [4.78, 5) is 37.7. The molecule has 7 nitrogen and oxygen atoms in total. The van der Waals surface area contributed by atoms with E-state index in [-0.39, 0.29) is 53.6 Å². The van der Waals surface area contributed by atoms with Crippen molar-refractivity contribution in [3.05, 3.63) is 12.2 Å². The van der Waals surface area contributed by atoms with E-state index in [9.17, 15) is 24.6 Å². The molecule has 0 saturated heterocycles. The van der Waals surface area contributed by atoms with Crippen LogP contribution in [0, 0.1) is 58.2 Å². The quantitative estimate of drug-likeness (QED) is 0.329. The average molecular weight is 561 g/mol. The highest BCUT2D eigenvalue weighted by atomic mass is 16.5. The predicted octanol–water partition coefficient (Wildman–Crippen LogP) is 5.11. The van der Waals surface area contributed by atoms with Gasteiger partial charge in [0.15, 0.2) is 5.78 Å². The fraction of sp³-hybridized carbons (Fsp3) is 0.848. The van der Waals surface area contributed by atoms with Crippen molar-refractivity contribution < 1.29 is 34.1 Å². The summed E-state index contributed by atoms with van der Waals surface area (Å²) in [5.74, 6) is -1.05. The van der Waals surface area contributed by atoms with Crippen LogP contribution in [-0.2, 0) is 23.9 Å². The molecule has 0 bridgehead atoms. The Hall–Kier alpha value is -1.73. The molecule has 0 radical (unpaired) electrons. The van der Waals surface area contributed by atoms with Crippen LogP contribution in [0.25, 0.3) is 0 Å². The van der Waals surface area contributed by atoms with Gasteiger partial charge in [0, 0.05) is 31.6 Å². The second-order valence-corrected chi connectivity index (χ2v) is 14.4. The summed E-state index contributed by atoms with van der Waals surface area (Å²) in [5, 5.41) is 23.5. The standard InChI is InChI=1S/C33H52O7/c1-9-21(17(2)3)11-10-18(4)28-26(40-20(6)35)15-23-27-29(25(36)16-33(23,28)8)32(7)13-12-22(39-19(5)34)14-24(32)30(37)31(27)38/h10-11,17-18,21-29,31,36,38H,9,12-16H2,1-8H3/b11-10+. The number of fused-ring (bicyclic) bond motifs is 5. The number of carbonyl (C=O) groups excluding carboxylic acids is 3. The molecule has 0 amide bonds. The van der Waals surface area contributed by atoms with Gasteiger partial charge in [-0.05, 0) is 78.9 Å². The molecule has 40 heavy (non-hydrogen) atoms. The maximum absolute atomic E-state index is 13.8. The maximum atomic E-state index is 13.8. The van der Waals surface area contributed by atoms with E-state index in [4.69, 9.17) is 9.47 Å². The summed E-state index contributed by atoms with van der Waals surface area (Å²) in [6.07, 6.45) is 5.82. The van der Waals surface area contributed by atoms with E-state index < -0.39 is 34.9 Å². The Kier molecular flexibility index (Phi) is 8.98. The van der Waals surface area contributed by atoms with E-state index in [0.717, 1.165) is 6.42 Å². The van der Waals surface area contributed by atoms with E-state index in [0.29, 0.717) is 43.9 Å². The van der Waals surface area contributed by atoms with E-state index in [1.807, 2.05) is 0 Å². The summed E-state index contributed by atoms with van der Waals surface area (Å²) < 4.78 is 11.5. The largest absolute Gasteiger partial charge is 0.463 e. The Morgan fingerprint density at radius 3 is 2.25 bits per heavy atom. The zero-order valence-electron chi connectivity index (χ0n) is 25.8. The van der Waals surface area contributed by atoms with Gasteiger partial charge >= 0.3 is 11.9 Å². The lowest BCUT2D eigenvalue weighted by molar-refractivity contribution is -0.211. The number of hydrogen-bond acceptors (Lipinski definition) is 7. The SMILES string of the molecule is CCC(/C=C/C(C)C1C(OC(C)=O)CC2C3C(O)C(=O)C4CC(OC(C)=O)CCC4(C)C3C(O)CC21C)C(C)C. The number of aliphatic hydroxyl groups excluding tert-OH is 2. The highest BCUT2D eigenvalue weighted by molar-refractivity contribution is 5.87. The zero-order valence-corrected chi connectivity index (χ0v) is 25.8. The van der Waals surface area contributed by atoms with Gasteiger partial charge in [-0.15, -0.1) is 0 Å². The van der Waals surface area contributed by atoms with Crippen LogP contribution in [0.15, 0.2) is 12.2 Å². The fourth-order valence-corrected chi connectivity index (χ4v) is 10.0. The van der Waals surface area contributed by atoms with Crippen molar-refractivity contribution in [2.24, 2.45) is 58.2 Å². The number of ether oxygens (including phenoxy) is 2. The van der Waals surface area contributed by atoms with Crippen molar-refractivity contribution in [2.75, 3.05) is 0 Å². The molecule has 13 unspecified atom stereocenters. The Morgan fingerprint density at radius 2 is 1.68 bits per heavy atom. The predicted molar refractivity (Wildman–Crippen MR) is 152 cm³/mol. The highest BCUT2D eigenvalue weighted by Crippen LogP contribution is 2.68. The number of allylic oxidation sites excluding steroid dienone is 2. The van der Waals surface area contributed by atoms with Crippen LogP contribution in [-0.4, -0.2) is 52.4 Å². The van der Waals surface area contributed by atoms with E-state index in [1.54, 1.807) is 0 Å². The third kappa shape index (κ3) is 5.30. The van der Waals surface area contributed by atoms with Crippen LogP contribution in [0.5, 0.6) is 0 Å².